The number of H-pyrrole nitrogens is 1. The van der Waals surface area contributed by atoms with Crippen LogP contribution in [-0.4, -0.2) is 56.9 Å². The van der Waals surface area contributed by atoms with Gasteiger partial charge < -0.3 is 19.7 Å². The fraction of sp³-hybridized carbons (Fsp3) is 0.500. The summed E-state index contributed by atoms with van der Waals surface area (Å²) in [7, 11) is 0. The summed E-state index contributed by atoms with van der Waals surface area (Å²) in [5.74, 6) is -2.20. The van der Waals surface area contributed by atoms with Crippen molar-refractivity contribution in [1.82, 2.24) is 9.55 Å². The summed E-state index contributed by atoms with van der Waals surface area (Å²) < 4.78 is 23.9. The SMILES string of the molecule is CC(=O)OC[C@H]1O[C@@H](n2c(C=O)c(F)c(=O)[nH]c2=O)[C@H](O)[C@@H]1O. The number of carbonyl (C=O) groups excluding carboxylic acids is 2. The minimum absolute atomic E-state index is 0.0895. The molecule has 0 bridgehead atoms. The van der Waals surface area contributed by atoms with Crippen LogP contribution in [0, 0.1) is 5.82 Å². The van der Waals surface area contributed by atoms with Crippen LogP contribution in [0.2, 0.25) is 0 Å². The summed E-state index contributed by atoms with van der Waals surface area (Å²) >= 11 is 0. The van der Waals surface area contributed by atoms with E-state index in [0.29, 0.717) is 4.57 Å². The van der Waals surface area contributed by atoms with E-state index in [0.717, 1.165) is 6.92 Å². The zero-order valence-corrected chi connectivity index (χ0v) is 11.8. The van der Waals surface area contributed by atoms with Crippen LogP contribution < -0.4 is 11.2 Å². The fourth-order valence-corrected chi connectivity index (χ4v) is 2.18. The number of aromatic nitrogens is 2. The Morgan fingerprint density at radius 1 is 1.43 bits per heavy atom. The van der Waals surface area contributed by atoms with Gasteiger partial charge in [-0.05, 0) is 0 Å². The molecule has 0 spiro atoms. The molecule has 0 amide bonds. The molecular weight excluding hydrogens is 319 g/mol. The smallest absolute Gasteiger partial charge is 0.331 e. The molecule has 0 radical (unpaired) electrons. The molecule has 0 saturated carbocycles. The van der Waals surface area contributed by atoms with Crippen molar-refractivity contribution in [3.8, 4) is 0 Å². The third-order valence-corrected chi connectivity index (χ3v) is 3.28. The van der Waals surface area contributed by atoms with Gasteiger partial charge in [0.15, 0.2) is 12.5 Å². The molecule has 2 heterocycles. The topological polar surface area (TPSA) is 148 Å². The summed E-state index contributed by atoms with van der Waals surface area (Å²) in [6.07, 6.45) is -6.24. The number of aliphatic hydroxyl groups excluding tert-OH is 2. The predicted octanol–water partition coefficient (Wildman–Crippen LogP) is -2.33. The highest BCUT2D eigenvalue weighted by Gasteiger charge is 2.45. The number of hydrogen-bond acceptors (Lipinski definition) is 8. The highest BCUT2D eigenvalue weighted by Crippen LogP contribution is 2.29. The number of hydrogen-bond donors (Lipinski definition) is 3. The molecule has 1 aromatic rings. The van der Waals surface area contributed by atoms with Crippen LogP contribution in [0.25, 0.3) is 0 Å². The van der Waals surface area contributed by atoms with Crippen molar-refractivity contribution in [3.05, 3.63) is 32.3 Å². The maximum atomic E-state index is 13.7. The van der Waals surface area contributed by atoms with Crippen molar-refractivity contribution in [3.63, 3.8) is 0 Å². The number of aldehydes is 1. The summed E-state index contributed by atoms with van der Waals surface area (Å²) in [5, 5.41) is 19.8. The van der Waals surface area contributed by atoms with Gasteiger partial charge >= 0.3 is 11.7 Å². The van der Waals surface area contributed by atoms with Gasteiger partial charge in [0.25, 0.3) is 5.56 Å². The zero-order valence-electron chi connectivity index (χ0n) is 11.8. The Balaban J connectivity index is 2.41. The number of rotatable bonds is 4. The first-order valence-electron chi connectivity index (χ1n) is 6.42. The molecule has 0 aliphatic carbocycles. The van der Waals surface area contributed by atoms with Gasteiger partial charge in [-0.3, -0.25) is 23.9 Å². The Morgan fingerprint density at radius 2 is 2.09 bits per heavy atom. The van der Waals surface area contributed by atoms with Crippen molar-refractivity contribution in [1.29, 1.82) is 0 Å². The number of nitrogens with zero attached hydrogens (tertiary/aromatic N) is 1. The molecule has 0 unspecified atom stereocenters. The second-order valence-corrected chi connectivity index (χ2v) is 4.80. The van der Waals surface area contributed by atoms with Crippen molar-refractivity contribution < 1.29 is 33.7 Å². The van der Waals surface area contributed by atoms with Crippen LogP contribution in [0.4, 0.5) is 4.39 Å². The highest BCUT2D eigenvalue weighted by atomic mass is 19.1. The lowest BCUT2D eigenvalue weighted by Crippen LogP contribution is -2.41. The van der Waals surface area contributed by atoms with Crippen LogP contribution in [0.1, 0.15) is 23.6 Å². The second kappa shape index (κ2) is 6.40. The van der Waals surface area contributed by atoms with Gasteiger partial charge in [-0.2, -0.15) is 4.39 Å². The normalized spacial score (nSPS) is 27.0. The lowest BCUT2D eigenvalue weighted by Gasteiger charge is -2.19. The number of aliphatic hydroxyl groups is 2. The van der Waals surface area contributed by atoms with Crippen LogP contribution in [0.15, 0.2) is 9.59 Å². The van der Waals surface area contributed by atoms with E-state index in [1.807, 2.05) is 0 Å². The maximum Gasteiger partial charge on any atom is 0.331 e. The third-order valence-electron chi connectivity index (χ3n) is 3.28. The van der Waals surface area contributed by atoms with Crippen LogP contribution in [-0.2, 0) is 14.3 Å². The van der Waals surface area contributed by atoms with E-state index in [4.69, 9.17) is 4.74 Å². The summed E-state index contributed by atoms with van der Waals surface area (Å²) in [6.45, 7) is 0.683. The lowest BCUT2D eigenvalue weighted by molar-refractivity contribution is -0.147. The number of esters is 1. The Bertz CT molecular complexity index is 742. The number of aromatic amines is 1. The zero-order chi connectivity index (χ0) is 17.3. The molecule has 1 aliphatic heterocycles. The van der Waals surface area contributed by atoms with E-state index in [9.17, 15) is 33.8 Å². The quantitative estimate of drug-likeness (QED) is 0.411. The first-order chi connectivity index (χ1) is 10.8. The molecule has 3 N–H and O–H groups in total. The van der Waals surface area contributed by atoms with Crippen LogP contribution in [0.5, 0.6) is 0 Å². The molecular formula is C12H13FN2O8. The van der Waals surface area contributed by atoms with Gasteiger partial charge in [0, 0.05) is 6.92 Å². The number of nitrogens with one attached hydrogen (secondary N) is 1. The minimum Gasteiger partial charge on any atom is -0.463 e. The Labute approximate surface area is 127 Å². The third kappa shape index (κ3) is 3.06. The van der Waals surface area contributed by atoms with E-state index in [1.165, 1.54) is 0 Å². The minimum atomic E-state index is -1.72. The van der Waals surface area contributed by atoms with Gasteiger partial charge in [-0.25, -0.2) is 4.79 Å². The van der Waals surface area contributed by atoms with Crippen LogP contribution in [0.3, 0.4) is 0 Å². The molecule has 4 atom stereocenters. The summed E-state index contributed by atoms with van der Waals surface area (Å²) in [6, 6.07) is 0. The van der Waals surface area contributed by atoms with E-state index in [-0.39, 0.29) is 6.29 Å². The van der Waals surface area contributed by atoms with Gasteiger partial charge in [-0.1, -0.05) is 0 Å². The van der Waals surface area contributed by atoms with Crippen LogP contribution >= 0.6 is 0 Å². The molecule has 0 aromatic carbocycles. The predicted molar refractivity (Wildman–Crippen MR) is 69.2 cm³/mol. The Hall–Kier alpha value is -2.37. The lowest BCUT2D eigenvalue weighted by atomic mass is 10.1. The molecule has 2 rings (SSSR count). The number of ether oxygens (including phenoxy) is 2. The van der Waals surface area contributed by atoms with Gasteiger partial charge in [0.05, 0.1) is 0 Å². The highest BCUT2D eigenvalue weighted by molar-refractivity contribution is 5.72. The Kier molecular flexibility index (Phi) is 4.73. The Morgan fingerprint density at radius 3 is 2.65 bits per heavy atom. The summed E-state index contributed by atoms with van der Waals surface area (Å²) in [5.41, 5.74) is -3.55. The molecule has 1 aromatic heterocycles. The van der Waals surface area contributed by atoms with Gasteiger partial charge in [0.2, 0.25) is 5.82 Å². The second-order valence-electron chi connectivity index (χ2n) is 4.80. The van der Waals surface area contributed by atoms with Gasteiger partial charge in [-0.15, -0.1) is 0 Å². The van der Waals surface area contributed by atoms with Crippen molar-refractivity contribution >= 4 is 12.3 Å². The average molecular weight is 332 g/mol. The van der Waals surface area contributed by atoms with Crippen molar-refractivity contribution in [2.45, 2.75) is 31.5 Å². The summed E-state index contributed by atoms with van der Waals surface area (Å²) in [4.78, 5) is 46.3. The van der Waals surface area contributed by atoms with Gasteiger partial charge in [0.1, 0.15) is 30.6 Å². The standard InChI is InChI=1S/C12H13FN2O8/c1-4(17)22-3-6-8(18)9(19)11(23-6)15-5(2-16)7(13)10(20)14-12(15)21/h2,6,8-9,11,18-19H,3H2,1H3,(H,14,20,21)/t6-,8-,9-,11-/m1/s1. The first kappa shape index (κ1) is 17.0. The van der Waals surface area contributed by atoms with E-state index < -0.39 is 59.9 Å². The molecule has 23 heavy (non-hydrogen) atoms. The molecule has 1 saturated heterocycles. The molecule has 11 heteroatoms. The molecule has 126 valence electrons. The van der Waals surface area contributed by atoms with E-state index in [1.54, 1.807) is 4.98 Å². The molecule has 10 nitrogen and oxygen atoms in total. The molecule has 1 aliphatic rings. The molecule has 1 fully saturated rings. The van der Waals surface area contributed by atoms with E-state index in [2.05, 4.69) is 4.74 Å². The monoisotopic (exact) mass is 332 g/mol. The maximum absolute atomic E-state index is 13.7. The fourth-order valence-electron chi connectivity index (χ4n) is 2.18. The first-order valence-corrected chi connectivity index (χ1v) is 6.42. The largest absolute Gasteiger partial charge is 0.463 e. The van der Waals surface area contributed by atoms with E-state index >= 15 is 0 Å². The number of halogens is 1. The number of carbonyl (C=O) groups is 2. The van der Waals surface area contributed by atoms with Crippen molar-refractivity contribution in [2.24, 2.45) is 0 Å². The van der Waals surface area contributed by atoms with Crippen molar-refractivity contribution in [2.75, 3.05) is 6.61 Å². The average Bonchev–Trinajstić information content (AvgIpc) is 2.76.